The van der Waals surface area contributed by atoms with Crippen molar-refractivity contribution in [3.8, 4) is 5.75 Å². The van der Waals surface area contributed by atoms with Crippen LogP contribution in [0.25, 0.3) is 11.8 Å². The van der Waals surface area contributed by atoms with Crippen LogP contribution in [0.1, 0.15) is 47.9 Å². The monoisotopic (exact) mass is 617 g/mol. The number of hydrogen-bond acceptors (Lipinski definition) is 6. The minimum atomic E-state index is -3.91. The lowest BCUT2D eigenvalue weighted by Gasteiger charge is -2.22. The number of halogens is 1. The summed E-state index contributed by atoms with van der Waals surface area (Å²) in [5, 5.41) is 0.407. The molecule has 43 heavy (non-hydrogen) atoms. The first kappa shape index (κ1) is 30.4. The maximum Gasteiger partial charge on any atom is 0.282 e. The third-order valence-electron chi connectivity index (χ3n) is 7.00. The molecule has 0 saturated heterocycles. The molecule has 0 saturated carbocycles. The van der Waals surface area contributed by atoms with Gasteiger partial charge in [0.2, 0.25) is 0 Å². The number of amidine groups is 1. The molecular formula is C33H32ClN3O5S. The van der Waals surface area contributed by atoms with Crippen molar-refractivity contribution in [3.05, 3.63) is 112 Å². The maximum absolute atomic E-state index is 13.6. The van der Waals surface area contributed by atoms with Crippen LogP contribution in [0.4, 0.5) is 0 Å². The Bertz CT molecular complexity index is 1750. The topological polar surface area (TPSA) is 109 Å². The van der Waals surface area contributed by atoms with Crippen LogP contribution in [0.2, 0.25) is 5.02 Å². The van der Waals surface area contributed by atoms with Crippen LogP contribution in [0.5, 0.6) is 5.75 Å². The number of carbonyl (C=O) groups excluding carboxylic acids is 1. The highest BCUT2D eigenvalue weighted by molar-refractivity contribution is 7.85. The number of carbonyl (C=O) groups is 1. The Balaban J connectivity index is 1.31. The van der Waals surface area contributed by atoms with Gasteiger partial charge in [0.15, 0.2) is 5.84 Å². The Morgan fingerprint density at radius 3 is 2.49 bits per heavy atom. The average Bonchev–Trinajstić information content (AvgIpc) is 3.28. The third kappa shape index (κ3) is 8.07. The van der Waals surface area contributed by atoms with E-state index in [1.165, 1.54) is 0 Å². The van der Waals surface area contributed by atoms with Gasteiger partial charge in [0.05, 0.1) is 28.8 Å². The van der Waals surface area contributed by atoms with E-state index in [0.29, 0.717) is 59.4 Å². The molecule has 3 aromatic rings. The van der Waals surface area contributed by atoms with Crippen LogP contribution in [-0.2, 0) is 21.3 Å². The Morgan fingerprint density at radius 1 is 0.953 bits per heavy atom. The average molecular weight is 618 g/mol. The molecule has 2 aliphatic rings. The molecule has 0 spiro atoms. The van der Waals surface area contributed by atoms with Crippen molar-refractivity contribution in [1.29, 1.82) is 0 Å². The molecule has 0 atom stereocenters. The van der Waals surface area contributed by atoms with Gasteiger partial charge in [-0.25, -0.2) is 9.98 Å². The summed E-state index contributed by atoms with van der Waals surface area (Å²) in [6, 6.07) is 23.3. The number of hydrogen-bond donors (Lipinski definition) is 1. The molecule has 0 radical (unpaired) electrons. The standard InChI is InChI=1S/C33H32ClN3O5S/c1-23-10-9-13-26(18-23)30-22-37-32(28(35-30)20-24-11-5-4-6-12-24)36-29(33(37)38)21-25-14-15-31(27(34)19-25)42-16-7-2-3-8-17-43(39,40)41/h4-6,9-15,18-19,21-22H,2-3,7-8,16-17,20H2,1H3,(H,39,40,41)/b29-21-. The molecule has 2 heterocycles. The zero-order chi connectivity index (χ0) is 30.4. The van der Waals surface area contributed by atoms with Crippen molar-refractivity contribution in [2.75, 3.05) is 12.4 Å². The van der Waals surface area contributed by atoms with Crippen LogP contribution in [0, 0.1) is 6.92 Å². The summed E-state index contributed by atoms with van der Waals surface area (Å²) >= 11 is 6.49. The number of ether oxygens (including phenoxy) is 1. The van der Waals surface area contributed by atoms with Crippen LogP contribution < -0.4 is 4.74 Å². The van der Waals surface area contributed by atoms with Crippen LogP contribution in [0.15, 0.2) is 94.7 Å². The molecule has 8 nitrogen and oxygen atoms in total. The molecule has 0 aromatic heterocycles. The van der Waals surface area contributed by atoms with Gasteiger partial charge in [-0.15, -0.1) is 0 Å². The van der Waals surface area contributed by atoms with Gasteiger partial charge in [-0.2, -0.15) is 8.42 Å². The lowest BCUT2D eigenvalue weighted by Crippen LogP contribution is -2.36. The maximum atomic E-state index is 13.6. The Morgan fingerprint density at radius 2 is 1.74 bits per heavy atom. The minimum Gasteiger partial charge on any atom is -0.492 e. The first-order valence-corrected chi connectivity index (χ1v) is 16.1. The van der Waals surface area contributed by atoms with Gasteiger partial charge in [-0.3, -0.25) is 14.2 Å². The summed E-state index contributed by atoms with van der Waals surface area (Å²) in [5.41, 5.74) is 5.50. The summed E-state index contributed by atoms with van der Waals surface area (Å²) in [7, 11) is -3.91. The lowest BCUT2D eigenvalue weighted by atomic mass is 10.0. The van der Waals surface area contributed by atoms with E-state index >= 15 is 0 Å². The molecule has 0 fully saturated rings. The normalized spacial score (nSPS) is 15.7. The van der Waals surface area contributed by atoms with E-state index in [-0.39, 0.29) is 17.4 Å². The van der Waals surface area contributed by atoms with Crippen molar-refractivity contribution in [1.82, 2.24) is 4.90 Å². The summed E-state index contributed by atoms with van der Waals surface area (Å²) in [6.07, 6.45) is 6.56. The SMILES string of the molecule is Cc1cccc(C2=CN3C(=O)/C(=C/c4ccc(OCCCCCCS(=O)(=O)O)c(Cl)c4)N=C3C(Cc3ccccc3)=N2)c1. The Kier molecular flexibility index (Phi) is 9.55. The number of aryl methyl sites for hydroxylation is 1. The molecule has 222 valence electrons. The van der Waals surface area contributed by atoms with Crippen molar-refractivity contribution >= 4 is 50.9 Å². The second-order valence-corrected chi connectivity index (χ2v) is 12.5. The van der Waals surface area contributed by atoms with Gasteiger partial charge in [0.25, 0.3) is 16.0 Å². The molecule has 10 heteroatoms. The van der Waals surface area contributed by atoms with E-state index in [1.807, 2.05) is 67.6 Å². The summed E-state index contributed by atoms with van der Waals surface area (Å²) in [5.74, 6) is 0.560. The van der Waals surface area contributed by atoms with Gasteiger partial charge in [0.1, 0.15) is 11.4 Å². The van der Waals surface area contributed by atoms with E-state index in [1.54, 1.807) is 29.3 Å². The number of unbranched alkanes of at least 4 members (excludes halogenated alkanes) is 3. The van der Waals surface area contributed by atoms with E-state index in [0.717, 1.165) is 29.5 Å². The molecule has 2 aliphatic heterocycles. The first-order valence-electron chi connectivity index (χ1n) is 14.1. The summed E-state index contributed by atoms with van der Waals surface area (Å²) < 4.78 is 36.2. The van der Waals surface area contributed by atoms with E-state index in [2.05, 4.69) is 0 Å². The van der Waals surface area contributed by atoms with Crippen LogP contribution >= 0.6 is 11.6 Å². The smallest absolute Gasteiger partial charge is 0.282 e. The van der Waals surface area contributed by atoms with Crippen LogP contribution in [0.3, 0.4) is 0 Å². The lowest BCUT2D eigenvalue weighted by molar-refractivity contribution is -0.120. The molecule has 3 aromatic carbocycles. The van der Waals surface area contributed by atoms with E-state index in [9.17, 15) is 13.2 Å². The quantitative estimate of drug-likeness (QED) is 0.137. The van der Waals surface area contributed by atoms with E-state index in [4.69, 9.17) is 30.9 Å². The summed E-state index contributed by atoms with van der Waals surface area (Å²) in [4.78, 5) is 24.8. The molecule has 0 bridgehead atoms. The number of benzene rings is 3. The minimum absolute atomic E-state index is 0.228. The molecule has 5 rings (SSSR count). The summed E-state index contributed by atoms with van der Waals surface area (Å²) in [6.45, 7) is 2.45. The fourth-order valence-corrected chi connectivity index (χ4v) is 5.67. The highest BCUT2D eigenvalue weighted by Gasteiger charge is 2.35. The van der Waals surface area contributed by atoms with Crippen molar-refractivity contribution in [2.45, 2.75) is 39.0 Å². The fraction of sp³-hybridized carbons (Fsp3) is 0.242. The molecule has 0 aliphatic carbocycles. The van der Waals surface area contributed by atoms with Gasteiger partial charge in [-0.1, -0.05) is 84.6 Å². The first-order chi connectivity index (χ1) is 20.7. The zero-order valence-electron chi connectivity index (χ0n) is 23.7. The number of rotatable bonds is 12. The number of fused-ring (bicyclic) bond motifs is 1. The highest BCUT2D eigenvalue weighted by Crippen LogP contribution is 2.31. The zero-order valence-corrected chi connectivity index (χ0v) is 25.3. The number of aliphatic imine (C=N–C) groups is 2. The number of amides is 1. The fourth-order valence-electron chi connectivity index (χ4n) is 4.85. The van der Waals surface area contributed by atoms with Crippen molar-refractivity contribution in [2.24, 2.45) is 9.98 Å². The van der Waals surface area contributed by atoms with Crippen molar-refractivity contribution in [3.63, 3.8) is 0 Å². The van der Waals surface area contributed by atoms with Crippen molar-refractivity contribution < 1.29 is 22.5 Å². The van der Waals surface area contributed by atoms with Gasteiger partial charge >= 0.3 is 0 Å². The van der Waals surface area contributed by atoms with E-state index < -0.39 is 10.1 Å². The Labute approximate surface area is 256 Å². The molecule has 0 unspecified atom stereocenters. The second-order valence-electron chi connectivity index (χ2n) is 10.5. The largest absolute Gasteiger partial charge is 0.492 e. The highest BCUT2D eigenvalue weighted by atomic mass is 35.5. The second kappa shape index (κ2) is 13.5. The predicted octanol–water partition coefficient (Wildman–Crippen LogP) is 6.75. The Hall–Kier alpha value is -4.05. The molecule has 1 amide bonds. The predicted molar refractivity (Wildman–Crippen MR) is 171 cm³/mol. The van der Waals surface area contributed by atoms with Gasteiger partial charge in [-0.05, 0) is 55.2 Å². The third-order valence-corrected chi connectivity index (χ3v) is 8.10. The van der Waals surface area contributed by atoms with Crippen LogP contribution in [-0.4, -0.2) is 47.7 Å². The van der Waals surface area contributed by atoms with Gasteiger partial charge in [0, 0.05) is 18.2 Å². The van der Waals surface area contributed by atoms with Gasteiger partial charge < -0.3 is 4.74 Å². The number of nitrogens with zero attached hydrogens (tertiary/aromatic N) is 3. The molecular weight excluding hydrogens is 586 g/mol. The molecule has 1 N–H and O–H groups in total.